The first-order chi connectivity index (χ1) is 8.22. The number of aromatic nitrogens is 2. The fraction of sp³-hybridized carbons (Fsp3) is 0.154. The standard InChI is InChI=1S/C13H12N2O2/c1-9-7-11(8-16)15-13(14-9)10-3-5-12(17-2)6-4-10/h3-8H,1-2H3. The Kier molecular flexibility index (Phi) is 3.14. The largest absolute Gasteiger partial charge is 0.497 e. The lowest BCUT2D eigenvalue weighted by atomic mass is 10.2. The van der Waals surface area contributed by atoms with E-state index >= 15 is 0 Å². The van der Waals surface area contributed by atoms with Crippen molar-refractivity contribution in [1.82, 2.24) is 9.97 Å². The van der Waals surface area contributed by atoms with E-state index in [1.165, 1.54) is 0 Å². The summed E-state index contributed by atoms with van der Waals surface area (Å²) in [6.45, 7) is 1.84. The van der Waals surface area contributed by atoms with Crippen molar-refractivity contribution < 1.29 is 9.53 Å². The minimum absolute atomic E-state index is 0.392. The number of benzene rings is 1. The monoisotopic (exact) mass is 228 g/mol. The van der Waals surface area contributed by atoms with Crippen LogP contribution in [0.5, 0.6) is 5.75 Å². The van der Waals surface area contributed by atoms with Crippen LogP contribution >= 0.6 is 0 Å². The van der Waals surface area contributed by atoms with E-state index in [0.717, 1.165) is 23.3 Å². The van der Waals surface area contributed by atoms with Crippen molar-refractivity contribution in [2.45, 2.75) is 6.92 Å². The zero-order chi connectivity index (χ0) is 12.3. The molecule has 0 aliphatic carbocycles. The molecule has 4 nitrogen and oxygen atoms in total. The van der Waals surface area contributed by atoms with Crippen LogP contribution in [0, 0.1) is 6.92 Å². The molecule has 0 fully saturated rings. The van der Waals surface area contributed by atoms with Gasteiger partial charge in [-0.3, -0.25) is 4.79 Å². The normalized spacial score (nSPS) is 10.0. The van der Waals surface area contributed by atoms with E-state index in [-0.39, 0.29) is 0 Å². The fourth-order valence-corrected chi connectivity index (χ4v) is 1.52. The van der Waals surface area contributed by atoms with E-state index < -0.39 is 0 Å². The van der Waals surface area contributed by atoms with E-state index in [1.807, 2.05) is 31.2 Å². The lowest BCUT2D eigenvalue weighted by Crippen LogP contribution is -1.96. The first-order valence-electron chi connectivity index (χ1n) is 5.18. The van der Waals surface area contributed by atoms with E-state index in [0.29, 0.717) is 11.5 Å². The Morgan fingerprint density at radius 2 is 1.88 bits per heavy atom. The summed E-state index contributed by atoms with van der Waals surface area (Å²) in [6.07, 6.45) is 0.724. The lowest BCUT2D eigenvalue weighted by molar-refractivity contribution is 0.111. The molecule has 0 radical (unpaired) electrons. The van der Waals surface area contributed by atoms with Gasteiger partial charge >= 0.3 is 0 Å². The number of carbonyl (C=O) groups is 1. The van der Waals surface area contributed by atoms with E-state index in [4.69, 9.17) is 4.74 Å². The molecule has 2 rings (SSSR count). The number of hydrogen-bond donors (Lipinski definition) is 0. The maximum atomic E-state index is 10.7. The van der Waals surface area contributed by atoms with Gasteiger partial charge in [0, 0.05) is 11.3 Å². The average molecular weight is 228 g/mol. The molecule has 0 atom stereocenters. The Balaban J connectivity index is 2.44. The Morgan fingerprint density at radius 3 is 2.47 bits per heavy atom. The molecule has 0 unspecified atom stereocenters. The minimum Gasteiger partial charge on any atom is -0.497 e. The first kappa shape index (κ1) is 11.3. The van der Waals surface area contributed by atoms with Gasteiger partial charge in [-0.1, -0.05) is 0 Å². The van der Waals surface area contributed by atoms with E-state index in [9.17, 15) is 4.79 Å². The molecule has 0 amide bonds. The summed E-state index contributed by atoms with van der Waals surface area (Å²) in [5, 5.41) is 0. The Hall–Kier alpha value is -2.23. The molecule has 0 spiro atoms. The number of hydrogen-bond acceptors (Lipinski definition) is 4. The number of aldehydes is 1. The van der Waals surface area contributed by atoms with Crippen molar-refractivity contribution in [3.8, 4) is 17.1 Å². The Bertz CT molecular complexity index is 536. The van der Waals surface area contributed by atoms with Crippen molar-refractivity contribution in [3.63, 3.8) is 0 Å². The molecule has 1 heterocycles. The molecule has 0 saturated heterocycles. The average Bonchev–Trinajstić information content (AvgIpc) is 2.38. The highest BCUT2D eigenvalue weighted by molar-refractivity contribution is 5.73. The molecule has 0 N–H and O–H groups in total. The van der Waals surface area contributed by atoms with Crippen molar-refractivity contribution in [3.05, 3.63) is 41.7 Å². The number of carbonyl (C=O) groups excluding carboxylic acids is 1. The topological polar surface area (TPSA) is 52.1 Å². The number of ether oxygens (including phenoxy) is 1. The summed E-state index contributed by atoms with van der Waals surface area (Å²) in [5.41, 5.74) is 2.02. The zero-order valence-electron chi connectivity index (χ0n) is 9.68. The van der Waals surface area contributed by atoms with Crippen LogP contribution in [0.25, 0.3) is 11.4 Å². The first-order valence-corrected chi connectivity index (χ1v) is 5.18. The summed E-state index contributed by atoms with van der Waals surface area (Å²) in [5.74, 6) is 1.33. The van der Waals surface area contributed by atoms with Gasteiger partial charge in [0.15, 0.2) is 12.1 Å². The summed E-state index contributed by atoms with van der Waals surface area (Å²) >= 11 is 0. The summed E-state index contributed by atoms with van der Waals surface area (Å²) in [4.78, 5) is 19.2. The van der Waals surface area contributed by atoms with Crippen LogP contribution in [-0.4, -0.2) is 23.4 Å². The second-order valence-electron chi connectivity index (χ2n) is 3.60. The van der Waals surface area contributed by atoms with Gasteiger partial charge in [0.05, 0.1) is 7.11 Å². The summed E-state index contributed by atoms with van der Waals surface area (Å²) < 4.78 is 5.08. The lowest BCUT2D eigenvalue weighted by Gasteiger charge is -2.04. The fourth-order valence-electron chi connectivity index (χ4n) is 1.52. The molecule has 86 valence electrons. The highest BCUT2D eigenvalue weighted by Gasteiger charge is 2.04. The molecule has 0 saturated carbocycles. The Morgan fingerprint density at radius 1 is 1.18 bits per heavy atom. The molecule has 1 aromatic heterocycles. The number of methoxy groups -OCH3 is 1. The molecule has 17 heavy (non-hydrogen) atoms. The molecule has 0 aliphatic heterocycles. The predicted molar refractivity (Wildman–Crippen MR) is 64.1 cm³/mol. The molecule has 4 heteroatoms. The molecular formula is C13H12N2O2. The summed E-state index contributed by atoms with van der Waals surface area (Å²) in [6, 6.07) is 9.05. The maximum absolute atomic E-state index is 10.7. The van der Waals surface area contributed by atoms with Gasteiger partial charge in [-0.2, -0.15) is 0 Å². The second kappa shape index (κ2) is 4.74. The van der Waals surface area contributed by atoms with E-state index in [2.05, 4.69) is 9.97 Å². The van der Waals surface area contributed by atoms with Crippen LogP contribution in [0.4, 0.5) is 0 Å². The maximum Gasteiger partial charge on any atom is 0.168 e. The van der Waals surface area contributed by atoms with Gasteiger partial charge in [0.2, 0.25) is 0 Å². The van der Waals surface area contributed by atoms with Crippen molar-refractivity contribution >= 4 is 6.29 Å². The van der Waals surface area contributed by atoms with Crippen LogP contribution in [0.3, 0.4) is 0 Å². The smallest absolute Gasteiger partial charge is 0.168 e. The summed E-state index contributed by atoms with van der Waals surface area (Å²) in [7, 11) is 1.61. The van der Waals surface area contributed by atoms with Gasteiger partial charge in [0.25, 0.3) is 0 Å². The Labute approximate surface area is 99.3 Å². The number of rotatable bonds is 3. The van der Waals surface area contributed by atoms with Crippen LogP contribution in [0.15, 0.2) is 30.3 Å². The van der Waals surface area contributed by atoms with Gasteiger partial charge in [-0.25, -0.2) is 9.97 Å². The third kappa shape index (κ3) is 2.47. The third-order valence-electron chi connectivity index (χ3n) is 2.34. The van der Waals surface area contributed by atoms with Crippen LogP contribution < -0.4 is 4.74 Å². The van der Waals surface area contributed by atoms with Crippen LogP contribution in [0.2, 0.25) is 0 Å². The van der Waals surface area contributed by atoms with Crippen molar-refractivity contribution in [2.75, 3.05) is 7.11 Å². The van der Waals surface area contributed by atoms with Crippen molar-refractivity contribution in [2.24, 2.45) is 0 Å². The highest BCUT2D eigenvalue weighted by atomic mass is 16.5. The number of nitrogens with zero attached hydrogens (tertiary/aromatic N) is 2. The van der Waals surface area contributed by atoms with E-state index in [1.54, 1.807) is 13.2 Å². The molecule has 0 bridgehead atoms. The zero-order valence-corrected chi connectivity index (χ0v) is 9.68. The molecule has 2 aromatic rings. The number of aryl methyl sites for hydroxylation is 1. The molecule has 1 aromatic carbocycles. The molecular weight excluding hydrogens is 216 g/mol. The second-order valence-corrected chi connectivity index (χ2v) is 3.60. The van der Waals surface area contributed by atoms with Gasteiger partial charge < -0.3 is 4.74 Å². The molecule has 0 aliphatic rings. The SMILES string of the molecule is COc1ccc(-c2nc(C)cc(C=O)n2)cc1. The highest BCUT2D eigenvalue weighted by Crippen LogP contribution is 2.19. The van der Waals surface area contributed by atoms with Gasteiger partial charge in [-0.15, -0.1) is 0 Å². The van der Waals surface area contributed by atoms with Gasteiger partial charge in [0.1, 0.15) is 11.4 Å². The predicted octanol–water partition coefficient (Wildman–Crippen LogP) is 2.27. The third-order valence-corrected chi connectivity index (χ3v) is 2.34. The quantitative estimate of drug-likeness (QED) is 0.756. The minimum atomic E-state index is 0.392. The van der Waals surface area contributed by atoms with Crippen molar-refractivity contribution in [1.29, 1.82) is 0 Å². The van der Waals surface area contributed by atoms with Gasteiger partial charge in [-0.05, 0) is 37.3 Å². The van der Waals surface area contributed by atoms with Crippen LogP contribution in [-0.2, 0) is 0 Å². The van der Waals surface area contributed by atoms with Crippen LogP contribution in [0.1, 0.15) is 16.2 Å².